The number of nitrogens with zero attached hydrogens (tertiary/aromatic N) is 3. The second kappa shape index (κ2) is 16.0. The van der Waals surface area contributed by atoms with Gasteiger partial charge in [0, 0.05) is 19.7 Å². The number of unbranched alkanes of at least 4 members (excludes halogenated alkanes) is 1. The van der Waals surface area contributed by atoms with Crippen LogP contribution in [0.2, 0.25) is 0 Å². The minimum Gasteiger partial charge on any atom is -0.462 e. The van der Waals surface area contributed by atoms with Crippen molar-refractivity contribution in [1.82, 2.24) is 24.6 Å². The second-order valence-corrected chi connectivity index (χ2v) is 14.0. The van der Waals surface area contributed by atoms with E-state index < -0.39 is 34.2 Å². The minimum atomic E-state index is -3.90. The summed E-state index contributed by atoms with van der Waals surface area (Å²) in [6.07, 6.45) is 4.00. The standard InChI is InChI=1S/C32H47N5O6S/c1-8-9-16-42-32(39)36-29(18-22(4)5)31(38)43-20-25(17-21(2)3)37(7)44(40,41)26-12-10-24(11-13-26)19-28-30-27(14-15-33-28)34-23(6)35-30/h10-15,21-22,25,29H,8-9,16-20H2,1-7H3,(H,34,35)(H,36,39)/t25-,29-/m0/s1. The van der Waals surface area contributed by atoms with E-state index in [0.717, 1.165) is 41.0 Å². The number of likely N-dealkylation sites (N-methyl/N-ethyl adjacent to an activating group) is 1. The van der Waals surface area contributed by atoms with Crippen molar-refractivity contribution in [2.75, 3.05) is 20.3 Å². The van der Waals surface area contributed by atoms with Gasteiger partial charge < -0.3 is 19.8 Å². The number of carbonyl (C=O) groups excluding carboxylic acids is 2. The number of H-pyrrole nitrogens is 1. The minimum absolute atomic E-state index is 0.105. The van der Waals surface area contributed by atoms with Crippen LogP contribution in [0.3, 0.4) is 0 Å². The number of fused-ring (bicyclic) bond motifs is 1. The van der Waals surface area contributed by atoms with E-state index in [2.05, 4.69) is 20.3 Å². The van der Waals surface area contributed by atoms with Crippen molar-refractivity contribution in [2.24, 2.45) is 11.8 Å². The monoisotopic (exact) mass is 629 g/mol. The van der Waals surface area contributed by atoms with E-state index in [-0.39, 0.29) is 29.9 Å². The first-order valence-corrected chi connectivity index (χ1v) is 16.7. The topological polar surface area (TPSA) is 144 Å². The highest BCUT2D eigenvalue weighted by Gasteiger charge is 2.31. The van der Waals surface area contributed by atoms with Crippen LogP contribution >= 0.6 is 0 Å². The molecule has 11 nitrogen and oxygen atoms in total. The van der Waals surface area contributed by atoms with Crippen molar-refractivity contribution in [1.29, 1.82) is 0 Å². The number of alkyl carbamates (subject to hydrolysis) is 1. The molecule has 2 aromatic heterocycles. The quantitative estimate of drug-likeness (QED) is 0.159. The Labute approximate surface area is 261 Å². The molecule has 242 valence electrons. The summed E-state index contributed by atoms with van der Waals surface area (Å²) in [6.45, 7) is 11.8. The summed E-state index contributed by atoms with van der Waals surface area (Å²) in [4.78, 5) is 37.7. The van der Waals surface area contributed by atoms with Crippen LogP contribution in [0.1, 0.15) is 77.4 Å². The van der Waals surface area contributed by atoms with Crippen LogP contribution in [0.4, 0.5) is 4.79 Å². The van der Waals surface area contributed by atoms with E-state index >= 15 is 0 Å². The smallest absolute Gasteiger partial charge is 0.407 e. The van der Waals surface area contributed by atoms with Crippen LogP contribution in [-0.2, 0) is 30.7 Å². The molecule has 0 bridgehead atoms. The molecule has 12 heteroatoms. The zero-order valence-electron chi connectivity index (χ0n) is 26.9. The maximum atomic E-state index is 13.7. The number of imidazole rings is 1. The van der Waals surface area contributed by atoms with Gasteiger partial charge in [0.25, 0.3) is 0 Å². The number of amides is 1. The molecule has 3 aromatic rings. The van der Waals surface area contributed by atoms with Gasteiger partial charge in [0.15, 0.2) is 0 Å². The maximum absolute atomic E-state index is 13.7. The molecule has 0 aliphatic heterocycles. The van der Waals surface area contributed by atoms with E-state index in [1.54, 1.807) is 30.5 Å². The second-order valence-electron chi connectivity index (χ2n) is 12.0. The number of aromatic nitrogens is 3. The molecule has 3 rings (SSSR count). The first-order chi connectivity index (χ1) is 20.8. The van der Waals surface area contributed by atoms with Gasteiger partial charge in [0.05, 0.1) is 28.8 Å². The third-order valence-electron chi connectivity index (χ3n) is 7.26. The number of ether oxygens (including phenoxy) is 2. The zero-order chi connectivity index (χ0) is 32.4. The Morgan fingerprint density at radius 3 is 2.34 bits per heavy atom. The highest BCUT2D eigenvalue weighted by Crippen LogP contribution is 2.23. The van der Waals surface area contributed by atoms with Crippen LogP contribution in [0.15, 0.2) is 41.4 Å². The molecule has 2 heterocycles. The number of nitrogens with one attached hydrogen (secondary N) is 2. The van der Waals surface area contributed by atoms with Gasteiger partial charge in [-0.15, -0.1) is 0 Å². The fraction of sp³-hybridized carbons (Fsp3) is 0.562. The van der Waals surface area contributed by atoms with Crippen LogP contribution in [0.25, 0.3) is 11.0 Å². The average Bonchev–Trinajstić information content (AvgIpc) is 3.35. The summed E-state index contributed by atoms with van der Waals surface area (Å²) >= 11 is 0. The number of hydrogen-bond donors (Lipinski definition) is 2. The van der Waals surface area contributed by atoms with Gasteiger partial charge in [0.2, 0.25) is 10.0 Å². The number of carbonyl (C=O) groups is 2. The molecule has 0 aliphatic carbocycles. The van der Waals surface area contributed by atoms with E-state index in [0.29, 0.717) is 19.3 Å². The van der Waals surface area contributed by atoms with Gasteiger partial charge in [-0.3, -0.25) is 4.98 Å². The summed E-state index contributed by atoms with van der Waals surface area (Å²) in [6, 6.07) is 7.09. The van der Waals surface area contributed by atoms with Crippen molar-refractivity contribution in [3.63, 3.8) is 0 Å². The van der Waals surface area contributed by atoms with Crippen molar-refractivity contribution >= 4 is 33.1 Å². The molecule has 1 amide bonds. The summed E-state index contributed by atoms with van der Waals surface area (Å²) < 4.78 is 39.4. The molecule has 0 fully saturated rings. The van der Waals surface area contributed by atoms with E-state index in [9.17, 15) is 18.0 Å². The van der Waals surface area contributed by atoms with Gasteiger partial charge in [0.1, 0.15) is 24.0 Å². The highest BCUT2D eigenvalue weighted by atomic mass is 32.2. The van der Waals surface area contributed by atoms with Crippen molar-refractivity contribution in [3.8, 4) is 0 Å². The predicted octanol–water partition coefficient (Wildman–Crippen LogP) is 5.38. The van der Waals surface area contributed by atoms with E-state index in [4.69, 9.17) is 9.47 Å². The normalized spacial score (nSPS) is 13.4. The number of pyridine rings is 1. The molecule has 1 aromatic carbocycles. The molecule has 44 heavy (non-hydrogen) atoms. The molecule has 0 unspecified atom stereocenters. The van der Waals surface area contributed by atoms with Gasteiger partial charge >= 0.3 is 12.1 Å². The molecule has 2 N–H and O–H groups in total. The van der Waals surface area contributed by atoms with Gasteiger partial charge in [-0.05, 0) is 61.8 Å². The molecule has 2 atom stereocenters. The number of sulfonamides is 1. The predicted molar refractivity (Wildman–Crippen MR) is 170 cm³/mol. The fourth-order valence-electron chi connectivity index (χ4n) is 4.90. The number of esters is 1. The Hall–Kier alpha value is -3.51. The first kappa shape index (κ1) is 35.0. The van der Waals surface area contributed by atoms with Crippen LogP contribution in [0.5, 0.6) is 0 Å². The lowest BCUT2D eigenvalue weighted by Crippen LogP contribution is -2.46. The number of benzene rings is 1. The third kappa shape index (κ3) is 9.75. The first-order valence-electron chi connectivity index (χ1n) is 15.3. The van der Waals surface area contributed by atoms with Gasteiger partial charge in [-0.1, -0.05) is 53.2 Å². The zero-order valence-corrected chi connectivity index (χ0v) is 27.7. The van der Waals surface area contributed by atoms with Gasteiger partial charge in [-0.2, -0.15) is 4.31 Å². The summed E-state index contributed by atoms with van der Waals surface area (Å²) in [5.41, 5.74) is 3.41. The SMILES string of the molecule is CCCCOC(=O)N[C@@H](CC(C)C)C(=O)OC[C@H](CC(C)C)N(C)S(=O)(=O)c1ccc(Cc2nccc3[nH]c(C)nc23)cc1. The molecular weight excluding hydrogens is 582 g/mol. The lowest BCUT2D eigenvalue weighted by Gasteiger charge is -2.29. The number of aryl methyl sites for hydroxylation is 1. The molecule has 0 saturated heterocycles. The third-order valence-corrected chi connectivity index (χ3v) is 9.18. The summed E-state index contributed by atoms with van der Waals surface area (Å²) in [7, 11) is -2.40. The Morgan fingerprint density at radius 1 is 1.02 bits per heavy atom. The molecule has 0 aliphatic rings. The number of hydrogen-bond acceptors (Lipinski definition) is 8. The molecule has 0 radical (unpaired) electrons. The lowest BCUT2D eigenvalue weighted by molar-refractivity contribution is -0.148. The van der Waals surface area contributed by atoms with E-state index in [1.807, 2.05) is 47.6 Å². The fourth-order valence-corrected chi connectivity index (χ4v) is 6.25. The van der Waals surface area contributed by atoms with Crippen molar-refractivity contribution < 1.29 is 27.5 Å². The van der Waals surface area contributed by atoms with Crippen LogP contribution in [0, 0.1) is 18.8 Å². The lowest BCUT2D eigenvalue weighted by atomic mass is 10.0. The van der Waals surface area contributed by atoms with Crippen LogP contribution < -0.4 is 5.32 Å². The molecular formula is C32H47N5O6S. The molecule has 0 saturated carbocycles. The number of aromatic amines is 1. The van der Waals surface area contributed by atoms with Gasteiger partial charge in [-0.25, -0.2) is 23.0 Å². The van der Waals surface area contributed by atoms with Crippen LogP contribution in [-0.4, -0.2) is 72.1 Å². The maximum Gasteiger partial charge on any atom is 0.407 e. The molecule has 0 spiro atoms. The number of rotatable bonds is 16. The summed E-state index contributed by atoms with van der Waals surface area (Å²) in [5.74, 6) is 0.425. The Balaban J connectivity index is 1.71. The Bertz CT molecular complexity index is 1490. The largest absolute Gasteiger partial charge is 0.462 e. The van der Waals surface area contributed by atoms with Crippen molar-refractivity contribution in [2.45, 2.75) is 90.6 Å². The average molecular weight is 630 g/mol. The van der Waals surface area contributed by atoms with Crippen molar-refractivity contribution in [3.05, 3.63) is 53.6 Å². The Morgan fingerprint density at radius 2 is 1.70 bits per heavy atom. The summed E-state index contributed by atoms with van der Waals surface area (Å²) in [5, 5.41) is 2.61. The highest BCUT2D eigenvalue weighted by molar-refractivity contribution is 7.89. The Kier molecular flexibility index (Phi) is 12.7. The van der Waals surface area contributed by atoms with E-state index in [1.165, 1.54) is 11.4 Å².